The Morgan fingerprint density at radius 1 is 1.19 bits per heavy atom. The minimum atomic E-state index is -0.577. The monoisotopic (exact) mass is 296 g/mol. The van der Waals surface area contributed by atoms with E-state index in [9.17, 15) is 8.78 Å². The van der Waals surface area contributed by atoms with Gasteiger partial charge >= 0.3 is 6.01 Å². The molecule has 0 fully saturated rings. The molecule has 1 aromatic heterocycles. The second-order valence-corrected chi connectivity index (χ2v) is 5.23. The van der Waals surface area contributed by atoms with Crippen LogP contribution in [0.2, 0.25) is 0 Å². The van der Waals surface area contributed by atoms with E-state index in [1.807, 2.05) is 0 Å². The van der Waals surface area contributed by atoms with Crippen LogP contribution in [0.4, 0.5) is 20.5 Å². The van der Waals surface area contributed by atoms with E-state index < -0.39 is 11.6 Å². The number of nitrogens with one attached hydrogen (secondary N) is 2. The summed E-state index contributed by atoms with van der Waals surface area (Å²) in [5, 5.41) is 13.3. The summed E-state index contributed by atoms with van der Waals surface area (Å²) < 4.78 is 32.4. The molecular formula is C14H18F2N4O. The first-order valence-electron chi connectivity index (χ1n) is 6.71. The van der Waals surface area contributed by atoms with E-state index in [4.69, 9.17) is 4.42 Å². The van der Waals surface area contributed by atoms with Crippen molar-refractivity contribution in [2.24, 2.45) is 5.92 Å². The summed E-state index contributed by atoms with van der Waals surface area (Å²) in [5.41, 5.74) is 0.200. The Morgan fingerprint density at radius 3 is 2.67 bits per heavy atom. The predicted octanol–water partition coefficient (Wildman–Crippen LogP) is 3.15. The Hall–Kier alpha value is -2.02. The third-order valence-electron chi connectivity index (χ3n) is 2.79. The van der Waals surface area contributed by atoms with Gasteiger partial charge in [-0.15, -0.1) is 5.10 Å². The maximum atomic E-state index is 13.7. The third-order valence-corrected chi connectivity index (χ3v) is 2.79. The van der Waals surface area contributed by atoms with Crippen molar-refractivity contribution in [3.8, 4) is 0 Å². The number of nitrogens with zero attached hydrogens (tertiary/aromatic N) is 2. The van der Waals surface area contributed by atoms with Gasteiger partial charge in [0.2, 0.25) is 5.89 Å². The molecule has 2 N–H and O–H groups in total. The molecule has 21 heavy (non-hydrogen) atoms. The predicted molar refractivity (Wildman–Crippen MR) is 75.2 cm³/mol. The Balaban J connectivity index is 2.01. The number of anilines is 2. The number of aromatic nitrogens is 2. The van der Waals surface area contributed by atoms with Crippen molar-refractivity contribution in [3.63, 3.8) is 0 Å². The van der Waals surface area contributed by atoms with Gasteiger partial charge in [0.15, 0.2) is 0 Å². The Kier molecular flexibility index (Phi) is 4.85. The van der Waals surface area contributed by atoms with Crippen LogP contribution in [0.15, 0.2) is 16.5 Å². The standard InChI is InChI=1S/C14H18F2N4O/c1-8(2)6-17-7-13-19-20-14(21-13)18-12-5-10(15)9(3)4-11(12)16/h4-5,8,17H,6-7H2,1-3H3,(H,18,20). The first kappa shape index (κ1) is 15.4. The molecule has 0 amide bonds. The van der Waals surface area contributed by atoms with Crippen LogP contribution in [0.3, 0.4) is 0 Å². The first-order valence-corrected chi connectivity index (χ1v) is 6.71. The van der Waals surface area contributed by atoms with Crippen LogP contribution < -0.4 is 10.6 Å². The fourth-order valence-electron chi connectivity index (χ4n) is 1.70. The summed E-state index contributed by atoms with van der Waals surface area (Å²) >= 11 is 0. The van der Waals surface area contributed by atoms with E-state index in [1.54, 1.807) is 0 Å². The molecule has 2 rings (SSSR count). The highest BCUT2D eigenvalue weighted by atomic mass is 19.1. The Labute approximate surface area is 121 Å². The molecule has 0 aliphatic heterocycles. The Morgan fingerprint density at radius 2 is 1.95 bits per heavy atom. The number of hydrogen-bond donors (Lipinski definition) is 2. The molecule has 0 saturated heterocycles. The second-order valence-electron chi connectivity index (χ2n) is 5.23. The Bertz CT molecular complexity index is 613. The van der Waals surface area contributed by atoms with E-state index in [-0.39, 0.29) is 17.3 Å². The van der Waals surface area contributed by atoms with E-state index >= 15 is 0 Å². The first-order chi connectivity index (χ1) is 9.95. The van der Waals surface area contributed by atoms with Gasteiger partial charge < -0.3 is 15.1 Å². The minimum absolute atomic E-state index is 0.0264. The molecule has 0 aliphatic rings. The lowest BCUT2D eigenvalue weighted by atomic mass is 10.2. The second kappa shape index (κ2) is 6.62. The van der Waals surface area contributed by atoms with Gasteiger partial charge in [0.1, 0.15) is 11.6 Å². The van der Waals surface area contributed by atoms with Gasteiger partial charge in [0.05, 0.1) is 12.2 Å². The summed E-state index contributed by atoms with van der Waals surface area (Å²) in [5.74, 6) is -0.190. The number of aryl methyl sites for hydroxylation is 1. The summed E-state index contributed by atoms with van der Waals surface area (Å²) in [7, 11) is 0. The van der Waals surface area contributed by atoms with Crippen molar-refractivity contribution in [1.82, 2.24) is 15.5 Å². The maximum Gasteiger partial charge on any atom is 0.320 e. The zero-order valence-corrected chi connectivity index (χ0v) is 12.2. The zero-order chi connectivity index (χ0) is 15.4. The van der Waals surface area contributed by atoms with Crippen molar-refractivity contribution in [3.05, 3.63) is 35.2 Å². The van der Waals surface area contributed by atoms with Gasteiger partial charge in [-0.05, 0) is 31.0 Å². The zero-order valence-electron chi connectivity index (χ0n) is 12.2. The number of hydrogen-bond acceptors (Lipinski definition) is 5. The molecular weight excluding hydrogens is 278 g/mol. The summed E-state index contributed by atoms with van der Waals surface area (Å²) in [6, 6.07) is 2.20. The van der Waals surface area contributed by atoms with Crippen molar-refractivity contribution in [2.45, 2.75) is 27.3 Å². The maximum absolute atomic E-state index is 13.7. The lowest BCUT2D eigenvalue weighted by Crippen LogP contribution is -2.19. The van der Waals surface area contributed by atoms with Crippen molar-refractivity contribution < 1.29 is 13.2 Å². The molecule has 0 radical (unpaired) electrons. The minimum Gasteiger partial charge on any atom is -0.406 e. The van der Waals surface area contributed by atoms with Crippen LogP contribution >= 0.6 is 0 Å². The van der Waals surface area contributed by atoms with E-state index in [2.05, 4.69) is 34.7 Å². The smallest absolute Gasteiger partial charge is 0.320 e. The molecule has 2 aromatic rings. The average Bonchev–Trinajstić information content (AvgIpc) is 2.83. The fourth-order valence-corrected chi connectivity index (χ4v) is 1.70. The number of halogens is 2. The highest BCUT2D eigenvalue weighted by molar-refractivity contribution is 5.53. The van der Waals surface area contributed by atoms with Crippen molar-refractivity contribution >= 4 is 11.7 Å². The number of rotatable bonds is 6. The summed E-state index contributed by atoms with van der Waals surface area (Å²) in [4.78, 5) is 0. The molecule has 0 unspecified atom stereocenters. The quantitative estimate of drug-likeness (QED) is 0.857. The van der Waals surface area contributed by atoms with Gasteiger partial charge in [-0.2, -0.15) is 0 Å². The van der Waals surface area contributed by atoms with Gasteiger partial charge in [0, 0.05) is 6.07 Å². The molecule has 5 nitrogen and oxygen atoms in total. The van der Waals surface area contributed by atoms with Crippen molar-refractivity contribution in [2.75, 3.05) is 11.9 Å². The SMILES string of the molecule is Cc1cc(F)c(Nc2nnc(CNCC(C)C)o2)cc1F. The molecule has 0 saturated carbocycles. The van der Waals surface area contributed by atoms with Crippen LogP contribution in [0.25, 0.3) is 0 Å². The van der Waals surface area contributed by atoms with Gasteiger partial charge in [-0.3, -0.25) is 0 Å². The molecule has 1 aromatic carbocycles. The molecule has 0 aliphatic carbocycles. The lowest BCUT2D eigenvalue weighted by Gasteiger charge is -2.05. The fraction of sp³-hybridized carbons (Fsp3) is 0.429. The van der Waals surface area contributed by atoms with Gasteiger partial charge in [-0.1, -0.05) is 18.9 Å². The van der Waals surface area contributed by atoms with Crippen LogP contribution in [-0.4, -0.2) is 16.7 Å². The molecule has 114 valence electrons. The molecule has 0 spiro atoms. The van der Waals surface area contributed by atoms with Crippen LogP contribution in [-0.2, 0) is 6.54 Å². The molecule has 1 heterocycles. The highest BCUT2D eigenvalue weighted by Crippen LogP contribution is 2.22. The lowest BCUT2D eigenvalue weighted by molar-refractivity contribution is 0.460. The topological polar surface area (TPSA) is 63.0 Å². The van der Waals surface area contributed by atoms with E-state index in [0.717, 1.165) is 18.7 Å². The molecule has 0 atom stereocenters. The highest BCUT2D eigenvalue weighted by Gasteiger charge is 2.11. The largest absolute Gasteiger partial charge is 0.406 e. The van der Waals surface area contributed by atoms with Crippen LogP contribution in [0.1, 0.15) is 25.3 Å². The normalized spacial score (nSPS) is 11.1. The van der Waals surface area contributed by atoms with Gasteiger partial charge in [0.25, 0.3) is 0 Å². The van der Waals surface area contributed by atoms with Crippen LogP contribution in [0.5, 0.6) is 0 Å². The molecule has 0 bridgehead atoms. The van der Waals surface area contributed by atoms with Crippen LogP contribution in [0, 0.1) is 24.5 Å². The molecule has 7 heteroatoms. The van der Waals surface area contributed by atoms with Crippen molar-refractivity contribution in [1.29, 1.82) is 0 Å². The van der Waals surface area contributed by atoms with Gasteiger partial charge in [-0.25, -0.2) is 8.78 Å². The number of benzene rings is 1. The summed E-state index contributed by atoms with van der Waals surface area (Å²) in [6.07, 6.45) is 0. The summed E-state index contributed by atoms with van der Waals surface area (Å²) in [6.45, 7) is 6.92. The van der Waals surface area contributed by atoms with E-state index in [0.29, 0.717) is 18.4 Å². The third kappa shape index (κ3) is 4.22. The van der Waals surface area contributed by atoms with E-state index in [1.165, 1.54) is 6.92 Å². The average molecular weight is 296 g/mol.